The Morgan fingerprint density at radius 2 is 2.32 bits per heavy atom. The molecule has 1 saturated heterocycles. The van der Waals surface area contributed by atoms with E-state index >= 15 is 0 Å². The summed E-state index contributed by atoms with van der Waals surface area (Å²) >= 11 is 1.62. The molecule has 1 aliphatic heterocycles. The Morgan fingerprint density at radius 3 is 2.84 bits per heavy atom. The third kappa shape index (κ3) is 3.54. The number of amides is 1. The zero-order chi connectivity index (χ0) is 14.0. The molecule has 0 bridgehead atoms. The van der Waals surface area contributed by atoms with Crippen molar-refractivity contribution in [1.82, 2.24) is 9.88 Å². The quantitative estimate of drug-likeness (QED) is 0.920. The Labute approximate surface area is 118 Å². The fourth-order valence-corrected chi connectivity index (χ4v) is 3.11. The summed E-state index contributed by atoms with van der Waals surface area (Å²) in [6.07, 6.45) is 1.29. The maximum atomic E-state index is 12.1. The number of aromatic nitrogens is 1. The van der Waals surface area contributed by atoms with Gasteiger partial charge in [-0.25, -0.2) is 4.98 Å². The van der Waals surface area contributed by atoms with Crippen LogP contribution in [0.2, 0.25) is 0 Å². The Balaban J connectivity index is 1.94. The molecule has 2 rings (SSSR count). The van der Waals surface area contributed by atoms with Gasteiger partial charge in [0, 0.05) is 36.4 Å². The fraction of sp³-hybridized carbons (Fsp3) is 0.714. The number of nitrogens with zero attached hydrogens (tertiary/aromatic N) is 2. The van der Waals surface area contributed by atoms with Gasteiger partial charge >= 0.3 is 0 Å². The van der Waals surface area contributed by atoms with Crippen LogP contribution in [0.4, 0.5) is 0 Å². The first-order chi connectivity index (χ1) is 8.90. The summed E-state index contributed by atoms with van der Waals surface area (Å²) in [4.78, 5) is 18.5. The van der Waals surface area contributed by atoms with E-state index in [4.69, 9.17) is 5.11 Å². The number of thiazole rings is 1. The zero-order valence-corrected chi connectivity index (χ0v) is 12.7. The summed E-state index contributed by atoms with van der Waals surface area (Å²) in [7, 11) is 0. The minimum absolute atomic E-state index is 0.0432. The summed E-state index contributed by atoms with van der Waals surface area (Å²) in [5.74, 6) is 0.381. The largest absolute Gasteiger partial charge is 0.396 e. The second-order valence-corrected chi connectivity index (χ2v) is 7.11. The van der Waals surface area contributed by atoms with Crippen molar-refractivity contribution in [2.75, 3.05) is 19.7 Å². The van der Waals surface area contributed by atoms with Crippen LogP contribution in [0, 0.1) is 5.92 Å². The number of hydrogen-bond acceptors (Lipinski definition) is 4. The lowest BCUT2D eigenvalue weighted by Gasteiger charge is -2.16. The number of carbonyl (C=O) groups excluding carboxylic acids is 1. The monoisotopic (exact) mass is 282 g/mol. The molecule has 1 amide bonds. The van der Waals surface area contributed by atoms with Crippen molar-refractivity contribution in [1.29, 1.82) is 0 Å². The molecular formula is C14H22N2O2S. The second kappa shape index (κ2) is 5.59. The molecule has 5 heteroatoms. The topological polar surface area (TPSA) is 53.4 Å². The molecule has 1 unspecified atom stereocenters. The molecule has 0 spiro atoms. The number of aliphatic hydroxyl groups is 1. The van der Waals surface area contributed by atoms with Gasteiger partial charge in [-0.3, -0.25) is 4.79 Å². The standard InChI is InChI=1S/C14H22N2O2S/c1-14(2,3)13-15-11(9-19-13)6-12(18)16-5-4-10(7-16)8-17/h9-10,17H,4-8H2,1-3H3. The summed E-state index contributed by atoms with van der Waals surface area (Å²) in [6.45, 7) is 8.01. The second-order valence-electron chi connectivity index (χ2n) is 6.25. The van der Waals surface area contributed by atoms with Crippen molar-refractivity contribution in [3.05, 3.63) is 16.1 Å². The van der Waals surface area contributed by atoms with E-state index in [-0.39, 0.29) is 23.8 Å². The van der Waals surface area contributed by atoms with Crippen LogP contribution < -0.4 is 0 Å². The predicted octanol–water partition coefficient (Wildman–Crippen LogP) is 1.82. The van der Waals surface area contributed by atoms with Crippen LogP contribution >= 0.6 is 11.3 Å². The van der Waals surface area contributed by atoms with E-state index in [9.17, 15) is 4.79 Å². The molecular weight excluding hydrogens is 260 g/mol. The van der Waals surface area contributed by atoms with Crippen molar-refractivity contribution in [2.24, 2.45) is 5.92 Å². The normalized spacial score (nSPS) is 20.0. The molecule has 1 aliphatic rings. The van der Waals surface area contributed by atoms with Gasteiger partial charge in [0.1, 0.15) is 0 Å². The molecule has 2 heterocycles. The van der Waals surface area contributed by atoms with Crippen LogP contribution in [-0.2, 0) is 16.6 Å². The molecule has 0 saturated carbocycles. The van der Waals surface area contributed by atoms with Gasteiger partial charge in [0.05, 0.1) is 17.1 Å². The molecule has 1 N–H and O–H groups in total. The van der Waals surface area contributed by atoms with E-state index in [1.54, 1.807) is 11.3 Å². The predicted molar refractivity (Wildman–Crippen MR) is 76.3 cm³/mol. The first kappa shape index (κ1) is 14.5. The van der Waals surface area contributed by atoms with Crippen LogP contribution in [0.25, 0.3) is 0 Å². The molecule has 1 aromatic heterocycles. The van der Waals surface area contributed by atoms with Crippen molar-refractivity contribution in [3.63, 3.8) is 0 Å². The molecule has 0 aliphatic carbocycles. The minimum Gasteiger partial charge on any atom is -0.396 e. The smallest absolute Gasteiger partial charge is 0.228 e. The molecule has 1 atom stereocenters. The van der Waals surface area contributed by atoms with Gasteiger partial charge in [-0.15, -0.1) is 11.3 Å². The molecule has 106 valence electrons. The van der Waals surface area contributed by atoms with Crippen LogP contribution in [0.5, 0.6) is 0 Å². The molecule has 4 nitrogen and oxygen atoms in total. The molecule has 0 aromatic carbocycles. The van der Waals surface area contributed by atoms with Crippen molar-refractivity contribution < 1.29 is 9.90 Å². The average molecular weight is 282 g/mol. The van der Waals surface area contributed by atoms with E-state index in [1.807, 2.05) is 10.3 Å². The van der Waals surface area contributed by atoms with E-state index in [0.717, 1.165) is 23.7 Å². The Kier molecular flexibility index (Phi) is 4.26. The lowest BCUT2D eigenvalue weighted by atomic mass is 9.98. The van der Waals surface area contributed by atoms with Gasteiger partial charge in [0.2, 0.25) is 5.91 Å². The highest BCUT2D eigenvalue weighted by Crippen LogP contribution is 2.26. The minimum atomic E-state index is 0.0432. The Morgan fingerprint density at radius 1 is 1.58 bits per heavy atom. The Bertz CT molecular complexity index is 451. The first-order valence-corrected chi connectivity index (χ1v) is 7.61. The van der Waals surface area contributed by atoms with Gasteiger partial charge < -0.3 is 10.0 Å². The summed E-state index contributed by atoms with van der Waals surface area (Å²) in [6, 6.07) is 0. The van der Waals surface area contributed by atoms with Crippen molar-refractivity contribution >= 4 is 17.2 Å². The van der Waals surface area contributed by atoms with E-state index < -0.39 is 0 Å². The molecule has 1 fully saturated rings. The van der Waals surface area contributed by atoms with Crippen molar-refractivity contribution in [2.45, 2.75) is 39.0 Å². The van der Waals surface area contributed by atoms with Crippen LogP contribution in [-0.4, -0.2) is 40.6 Å². The summed E-state index contributed by atoms with van der Waals surface area (Å²) in [5, 5.41) is 12.2. The highest BCUT2D eigenvalue weighted by molar-refractivity contribution is 7.09. The number of rotatable bonds is 3. The maximum absolute atomic E-state index is 12.1. The summed E-state index contributed by atoms with van der Waals surface area (Å²) in [5.41, 5.74) is 0.911. The highest BCUT2D eigenvalue weighted by atomic mass is 32.1. The van der Waals surface area contributed by atoms with E-state index in [2.05, 4.69) is 25.8 Å². The number of likely N-dealkylation sites (tertiary alicyclic amines) is 1. The fourth-order valence-electron chi connectivity index (χ4n) is 2.21. The Hall–Kier alpha value is -0.940. The van der Waals surface area contributed by atoms with Gasteiger partial charge in [-0.1, -0.05) is 20.8 Å². The molecule has 0 radical (unpaired) electrons. The number of hydrogen-bond donors (Lipinski definition) is 1. The van der Waals surface area contributed by atoms with Gasteiger partial charge in [-0.05, 0) is 6.42 Å². The van der Waals surface area contributed by atoms with E-state index in [1.165, 1.54) is 0 Å². The SMILES string of the molecule is CC(C)(C)c1nc(CC(=O)N2CCC(CO)C2)cs1. The highest BCUT2D eigenvalue weighted by Gasteiger charge is 2.26. The van der Waals surface area contributed by atoms with Gasteiger partial charge in [0.25, 0.3) is 0 Å². The maximum Gasteiger partial charge on any atom is 0.228 e. The van der Waals surface area contributed by atoms with E-state index in [0.29, 0.717) is 13.0 Å². The lowest BCUT2D eigenvalue weighted by Crippen LogP contribution is -2.30. The lowest BCUT2D eigenvalue weighted by molar-refractivity contribution is -0.129. The van der Waals surface area contributed by atoms with Crippen LogP contribution in [0.15, 0.2) is 5.38 Å². The van der Waals surface area contributed by atoms with Gasteiger partial charge in [0.15, 0.2) is 0 Å². The van der Waals surface area contributed by atoms with Gasteiger partial charge in [-0.2, -0.15) is 0 Å². The van der Waals surface area contributed by atoms with Crippen molar-refractivity contribution in [3.8, 4) is 0 Å². The number of carbonyl (C=O) groups is 1. The van der Waals surface area contributed by atoms with Crippen LogP contribution in [0.3, 0.4) is 0 Å². The number of aliphatic hydroxyl groups excluding tert-OH is 1. The first-order valence-electron chi connectivity index (χ1n) is 6.73. The third-order valence-electron chi connectivity index (χ3n) is 3.42. The average Bonchev–Trinajstić information content (AvgIpc) is 2.95. The van der Waals surface area contributed by atoms with Crippen LogP contribution in [0.1, 0.15) is 37.9 Å². The molecule has 19 heavy (non-hydrogen) atoms. The zero-order valence-electron chi connectivity index (χ0n) is 11.8. The molecule has 1 aromatic rings. The third-order valence-corrected chi connectivity index (χ3v) is 4.74. The summed E-state index contributed by atoms with van der Waals surface area (Å²) < 4.78 is 0.